The first kappa shape index (κ1) is 14.3. The first-order chi connectivity index (χ1) is 9.60. The molecule has 0 heterocycles. The molecule has 20 heavy (non-hydrogen) atoms. The molecular formula is C14H9BrF2N2O. The second-order valence-electron chi connectivity index (χ2n) is 3.80. The second kappa shape index (κ2) is 6.35. The van der Waals surface area contributed by atoms with Crippen molar-refractivity contribution in [2.75, 3.05) is 5.32 Å². The third-order valence-electron chi connectivity index (χ3n) is 2.47. The summed E-state index contributed by atoms with van der Waals surface area (Å²) >= 11 is 3.27. The fourth-order valence-electron chi connectivity index (χ4n) is 1.63. The summed E-state index contributed by atoms with van der Waals surface area (Å²) in [5, 5.41) is 12.0. The summed E-state index contributed by atoms with van der Waals surface area (Å²) < 4.78 is 29.8. The average Bonchev–Trinajstić information content (AvgIpc) is 2.42. The Labute approximate surface area is 122 Å². The van der Waals surface area contributed by atoms with Crippen LogP contribution in [0.15, 0.2) is 46.9 Å². The van der Waals surface area contributed by atoms with Gasteiger partial charge in [0.05, 0.1) is 16.9 Å². The van der Waals surface area contributed by atoms with Crippen molar-refractivity contribution < 1.29 is 13.5 Å². The molecule has 0 saturated heterocycles. The number of hydrogen-bond donors (Lipinski definition) is 1. The van der Waals surface area contributed by atoms with E-state index < -0.39 is 6.61 Å². The van der Waals surface area contributed by atoms with Crippen LogP contribution in [0.5, 0.6) is 5.75 Å². The van der Waals surface area contributed by atoms with Gasteiger partial charge in [-0.05, 0) is 30.3 Å². The maximum absolute atomic E-state index is 12.3. The molecule has 0 spiro atoms. The lowest BCUT2D eigenvalue weighted by Gasteiger charge is -2.13. The summed E-state index contributed by atoms with van der Waals surface area (Å²) in [6.45, 7) is -2.90. The molecule has 2 aromatic rings. The Morgan fingerprint density at radius 3 is 2.60 bits per heavy atom. The van der Waals surface area contributed by atoms with Crippen LogP contribution in [0.3, 0.4) is 0 Å². The molecule has 0 unspecified atom stereocenters. The number of nitrogens with one attached hydrogen (secondary N) is 1. The number of hydrogen-bond acceptors (Lipinski definition) is 3. The molecule has 0 aliphatic carbocycles. The van der Waals surface area contributed by atoms with Gasteiger partial charge in [0.2, 0.25) is 0 Å². The smallest absolute Gasteiger partial charge is 0.387 e. The van der Waals surface area contributed by atoms with Gasteiger partial charge in [-0.3, -0.25) is 0 Å². The van der Waals surface area contributed by atoms with Crippen molar-refractivity contribution in [2.24, 2.45) is 0 Å². The summed E-state index contributed by atoms with van der Waals surface area (Å²) in [6.07, 6.45) is 0. The number of halogens is 3. The SMILES string of the molecule is N#Cc1cc(Br)ccc1Nc1ccccc1OC(F)F. The molecule has 0 amide bonds. The molecule has 2 aromatic carbocycles. The molecule has 2 rings (SSSR count). The quantitative estimate of drug-likeness (QED) is 0.881. The highest BCUT2D eigenvalue weighted by atomic mass is 79.9. The number of ether oxygens (including phenoxy) is 1. The Morgan fingerprint density at radius 2 is 1.90 bits per heavy atom. The van der Waals surface area contributed by atoms with E-state index in [2.05, 4.69) is 26.0 Å². The van der Waals surface area contributed by atoms with Crippen LogP contribution in [-0.4, -0.2) is 6.61 Å². The number of nitrogens with zero attached hydrogens (tertiary/aromatic N) is 1. The summed E-state index contributed by atoms with van der Waals surface area (Å²) in [6, 6.07) is 13.4. The molecule has 3 nitrogen and oxygen atoms in total. The van der Waals surface area contributed by atoms with Gasteiger partial charge in [-0.25, -0.2) is 0 Å². The topological polar surface area (TPSA) is 45.0 Å². The van der Waals surface area contributed by atoms with Gasteiger partial charge >= 0.3 is 6.61 Å². The largest absolute Gasteiger partial charge is 0.433 e. The fraction of sp³-hybridized carbons (Fsp3) is 0.0714. The number of nitriles is 1. The van der Waals surface area contributed by atoms with Crippen LogP contribution in [-0.2, 0) is 0 Å². The standard InChI is InChI=1S/C14H9BrF2N2O/c15-10-5-6-11(9(7-10)8-18)19-12-3-1-2-4-13(12)20-14(16)17/h1-7,14,19H. The summed E-state index contributed by atoms with van der Waals surface area (Å²) in [7, 11) is 0. The first-order valence-electron chi connectivity index (χ1n) is 5.60. The number of para-hydroxylation sites is 2. The van der Waals surface area contributed by atoms with Gasteiger partial charge in [0.25, 0.3) is 0 Å². The van der Waals surface area contributed by atoms with Crippen molar-refractivity contribution in [3.63, 3.8) is 0 Å². The van der Waals surface area contributed by atoms with Gasteiger partial charge in [-0.15, -0.1) is 0 Å². The van der Waals surface area contributed by atoms with Crippen LogP contribution in [0.4, 0.5) is 20.2 Å². The van der Waals surface area contributed by atoms with E-state index in [4.69, 9.17) is 5.26 Å². The third-order valence-corrected chi connectivity index (χ3v) is 2.97. The van der Waals surface area contributed by atoms with Gasteiger partial charge in [-0.2, -0.15) is 14.0 Å². The molecule has 6 heteroatoms. The van der Waals surface area contributed by atoms with Crippen LogP contribution in [0.1, 0.15) is 5.56 Å². The maximum Gasteiger partial charge on any atom is 0.387 e. The summed E-state index contributed by atoms with van der Waals surface area (Å²) in [5.41, 5.74) is 1.28. The van der Waals surface area contributed by atoms with Crippen molar-refractivity contribution in [1.29, 1.82) is 5.26 Å². The van der Waals surface area contributed by atoms with E-state index in [0.717, 1.165) is 4.47 Å². The van der Waals surface area contributed by atoms with E-state index in [0.29, 0.717) is 16.9 Å². The molecule has 0 aliphatic heterocycles. The number of alkyl halides is 2. The van der Waals surface area contributed by atoms with Gasteiger partial charge in [-0.1, -0.05) is 28.1 Å². The highest BCUT2D eigenvalue weighted by molar-refractivity contribution is 9.10. The Hall–Kier alpha value is -2.13. The molecule has 0 atom stereocenters. The first-order valence-corrected chi connectivity index (χ1v) is 6.40. The van der Waals surface area contributed by atoms with Gasteiger partial charge in [0, 0.05) is 4.47 Å². The van der Waals surface area contributed by atoms with E-state index in [1.807, 2.05) is 6.07 Å². The van der Waals surface area contributed by atoms with Crippen LogP contribution >= 0.6 is 15.9 Å². The van der Waals surface area contributed by atoms with E-state index in [9.17, 15) is 8.78 Å². The molecule has 0 aliphatic rings. The lowest BCUT2D eigenvalue weighted by molar-refractivity contribution is -0.0493. The Balaban J connectivity index is 2.33. The fourth-order valence-corrected chi connectivity index (χ4v) is 1.99. The van der Waals surface area contributed by atoms with E-state index in [1.54, 1.807) is 36.4 Å². The highest BCUT2D eigenvalue weighted by Crippen LogP contribution is 2.30. The predicted molar refractivity (Wildman–Crippen MR) is 75.2 cm³/mol. The van der Waals surface area contributed by atoms with E-state index in [-0.39, 0.29) is 5.75 Å². The van der Waals surface area contributed by atoms with Crippen LogP contribution < -0.4 is 10.1 Å². The molecule has 0 fully saturated rings. The number of benzene rings is 2. The van der Waals surface area contributed by atoms with Crippen molar-refractivity contribution in [3.8, 4) is 11.8 Å². The molecule has 1 N–H and O–H groups in total. The van der Waals surface area contributed by atoms with Crippen molar-refractivity contribution in [1.82, 2.24) is 0 Å². The Kier molecular flexibility index (Phi) is 4.53. The molecule has 0 radical (unpaired) electrons. The maximum atomic E-state index is 12.3. The normalized spacial score (nSPS) is 10.2. The minimum atomic E-state index is -2.90. The number of anilines is 2. The minimum Gasteiger partial charge on any atom is -0.433 e. The monoisotopic (exact) mass is 338 g/mol. The Bertz CT molecular complexity index is 656. The zero-order valence-electron chi connectivity index (χ0n) is 10.1. The van der Waals surface area contributed by atoms with Crippen LogP contribution in [0, 0.1) is 11.3 Å². The van der Waals surface area contributed by atoms with Crippen LogP contribution in [0.25, 0.3) is 0 Å². The molecule has 102 valence electrons. The van der Waals surface area contributed by atoms with Crippen molar-refractivity contribution in [3.05, 3.63) is 52.5 Å². The molecular weight excluding hydrogens is 330 g/mol. The highest BCUT2D eigenvalue weighted by Gasteiger charge is 2.10. The average molecular weight is 339 g/mol. The third kappa shape index (κ3) is 3.45. The lowest BCUT2D eigenvalue weighted by atomic mass is 10.2. The van der Waals surface area contributed by atoms with Gasteiger partial charge in [0.15, 0.2) is 0 Å². The van der Waals surface area contributed by atoms with Gasteiger partial charge < -0.3 is 10.1 Å². The Morgan fingerprint density at radius 1 is 1.15 bits per heavy atom. The van der Waals surface area contributed by atoms with Crippen LogP contribution in [0.2, 0.25) is 0 Å². The van der Waals surface area contributed by atoms with Gasteiger partial charge in [0.1, 0.15) is 11.8 Å². The zero-order chi connectivity index (χ0) is 14.5. The zero-order valence-corrected chi connectivity index (χ0v) is 11.7. The second-order valence-corrected chi connectivity index (χ2v) is 4.72. The minimum absolute atomic E-state index is 0.0225. The van der Waals surface area contributed by atoms with E-state index >= 15 is 0 Å². The molecule has 0 saturated carbocycles. The van der Waals surface area contributed by atoms with E-state index in [1.165, 1.54) is 6.07 Å². The molecule has 0 bridgehead atoms. The lowest BCUT2D eigenvalue weighted by Crippen LogP contribution is -2.04. The number of rotatable bonds is 4. The summed E-state index contributed by atoms with van der Waals surface area (Å²) in [4.78, 5) is 0. The van der Waals surface area contributed by atoms with Crippen molar-refractivity contribution in [2.45, 2.75) is 6.61 Å². The van der Waals surface area contributed by atoms with Crippen molar-refractivity contribution >= 4 is 27.3 Å². The summed E-state index contributed by atoms with van der Waals surface area (Å²) in [5.74, 6) is 0.0225. The molecule has 0 aromatic heterocycles. The predicted octanol–water partition coefficient (Wildman–Crippen LogP) is 4.67.